The van der Waals surface area contributed by atoms with Crippen LogP contribution in [0.25, 0.3) is 10.9 Å². The van der Waals surface area contributed by atoms with Crippen molar-refractivity contribution in [3.05, 3.63) is 66.4 Å². The van der Waals surface area contributed by atoms with Crippen LogP contribution in [0.3, 0.4) is 0 Å². The van der Waals surface area contributed by atoms with E-state index in [1.165, 1.54) is 24.3 Å². The second-order valence-electron chi connectivity index (χ2n) is 7.97. The molecule has 0 spiro atoms. The van der Waals surface area contributed by atoms with E-state index in [1.54, 1.807) is 33.0 Å². The van der Waals surface area contributed by atoms with Crippen LogP contribution in [0.4, 0.5) is 15.3 Å². The minimum Gasteiger partial charge on any atom is -0.444 e. The first-order valence-corrected chi connectivity index (χ1v) is 11.2. The molecule has 32 heavy (non-hydrogen) atoms. The van der Waals surface area contributed by atoms with Crippen LogP contribution < -0.4 is 15.4 Å². The number of nitrogens with zero attached hydrogens (tertiary/aromatic N) is 1. The average Bonchev–Trinajstić information content (AvgIpc) is 2.70. The molecular weight excluding hydrogens is 432 g/mol. The van der Waals surface area contributed by atoms with E-state index in [4.69, 9.17) is 4.74 Å². The highest BCUT2D eigenvalue weighted by molar-refractivity contribution is 7.90. The van der Waals surface area contributed by atoms with Gasteiger partial charge in [-0.05, 0) is 62.7 Å². The molecule has 3 amide bonds. The van der Waals surface area contributed by atoms with Crippen LogP contribution in [0.1, 0.15) is 26.3 Å². The van der Waals surface area contributed by atoms with Crippen LogP contribution in [0.15, 0.2) is 65.7 Å². The Balaban J connectivity index is 1.62. The summed E-state index contributed by atoms with van der Waals surface area (Å²) in [5.41, 5.74) is 1.13. The minimum atomic E-state index is -4.16. The maximum absolute atomic E-state index is 12.6. The third-order valence-corrected chi connectivity index (χ3v) is 5.47. The normalized spacial score (nSPS) is 11.6. The number of aromatic nitrogens is 1. The van der Waals surface area contributed by atoms with E-state index < -0.39 is 27.7 Å². The first-order chi connectivity index (χ1) is 15.0. The number of benzene rings is 2. The number of pyridine rings is 1. The number of fused-ring (bicyclic) bond motifs is 1. The molecule has 0 atom stereocenters. The van der Waals surface area contributed by atoms with Crippen molar-refractivity contribution in [1.29, 1.82) is 0 Å². The number of carbonyl (C=O) groups is 2. The molecule has 0 fully saturated rings. The number of hydrogen-bond donors (Lipinski definition) is 3. The Hall–Kier alpha value is -3.66. The van der Waals surface area contributed by atoms with E-state index in [2.05, 4.69) is 15.6 Å². The second-order valence-corrected chi connectivity index (χ2v) is 9.66. The lowest BCUT2D eigenvalue weighted by Gasteiger charge is -2.19. The minimum absolute atomic E-state index is 0.131. The van der Waals surface area contributed by atoms with Gasteiger partial charge in [-0.1, -0.05) is 18.2 Å². The Morgan fingerprint density at radius 2 is 1.81 bits per heavy atom. The van der Waals surface area contributed by atoms with Crippen LogP contribution in [-0.2, 0) is 21.3 Å². The molecule has 0 bridgehead atoms. The number of amides is 3. The van der Waals surface area contributed by atoms with Crippen molar-refractivity contribution in [3.63, 3.8) is 0 Å². The van der Waals surface area contributed by atoms with Crippen LogP contribution in [-0.4, -0.2) is 31.1 Å². The molecule has 0 radical (unpaired) electrons. The first-order valence-electron chi connectivity index (χ1n) is 9.76. The van der Waals surface area contributed by atoms with Crippen molar-refractivity contribution >= 4 is 38.7 Å². The second kappa shape index (κ2) is 9.23. The fourth-order valence-electron chi connectivity index (χ4n) is 2.80. The predicted octanol–water partition coefficient (Wildman–Crippen LogP) is 3.77. The van der Waals surface area contributed by atoms with Gasteiger partial charge in [-0.2, -0.15) is 0 Å². The van der Waals surface area contributed by atoms with Crippen molar-refractivity contribution in [2.75, 3.05) is 5.32 Å². The summed E-state index contributed by atoms with van der Waals surface area (Å²) in [4.78, 5) is 28.1. The molecule has 168 valence electrons. The Morgan fingerprint density at radius 1 is 1.03 bits per heavy atom. The fraction of sp³-hybridized carbons (Fsp3) is 0.227. The predicted molar refractivity (Wildman–Crippen MR) is 121 cm³/mol. The largest absolute Gasteiger partial charge is 0.444 e. The van der Waals surface area contributed by atoms with Crippen molar-refractivity contribution < 1.29 is 22.7 Å². The molecule has 0 aliphatic carbocycles. The van der Waals surface area contributed by atoms with Crippen LogP contribution >= 0.6 is 0 Å². The highest BCUT2D eigenvalue weighted by atomic mass is 32.2. The number of rotatable bonds is 5. The highest BCUT2D eigenvalue weighted by Crippen LogP contribution is 2.17. The number of hydrogen-bond acceptors (Lipinski definition) is 6. The van der Waals surface area contributed by atoms with Gasteiger partial charge in [-0.15, -0.1) is 0 Å². The van der Waals surface area contributed by atoms with Gasteiger partial charge < -0.3 is 10.1 Å². The maximum Gasteiger partial charge on any atom is 0.412 e. The van der Waals surface area contributed by atoms with Crippen molar-refractivity contribution in [3.8, 4) is 0 Å². The van der Waals surface area contributed by atoms with E-state index in [0.717, 1.165) is 16.5 Å². The van der Waals surface area contributed by atoms with E-state index in [9.17, 15) is 18.0 Å². The zero-order valence-corrected chi connectivity index (χ0v) is 18.7. The molecule has 0 aliphatic heterocycles. The molecule has 1 aromatic heterocycles. The number of carbonyl (C=O) groups excluding carboxylic acids is 2. The smallest absolute Gasteiger partial charge is 0.412 e. The molecule has 0 unspecified atom stereocenters. The first kappa shape index (κ1) is 23.0. The summed E-state index contributed by atoms with van der Waals surface area (Å²) in [6.45, 7) is 5.27. The van der Waals surface area contributed by atoms with Gasteiger partial charge in [0.25, 0.3) is 10.0 Å². The topological polar surface area (TPSA) is 126 Å². The highest BCUT2D eigenvalue weighted by Gasteiger charge is 2.20. The summed E-state index contributed by atoms with van der Waals surface area (Å²) in [7, 11) is -4.16. The summed E-state index contributed by atoms with van der Waals surface area (Å²) in [5, 5.41) is 5.90. The molecule has 3 aromatic rings. The van der Waals surface area contributed by atoms with Gasteiger partial charge >= 0.3 is 12.1 Å². The Labute approximate surface area is 186 Å². The lowest BCUT2D eigenvalue weighted by molar-refractivity contribution is 0.0636. The molecule has 2 aromatic carbocycles. The molecule has 0 saturated heterocycles. The molecule has 3 rings (SSSR count). The summed E-state index contributed by atoms with van der Waals surface area (Å²) < 4.78 is 32.3. The van der Waals surface area contributed by atoms with E-state index in [0.29, 0.717) is 0 Å². The molecule has 3 N–H and O–H groups in total. The summed E-state index contributed by atoms with van der Waals surface area (Å²) in [5.74, 6) is 0. The third-order valence-electron chi connectivity index (χ3n) is 4.14. The monoisotopic (exact) mass is 456 g/mol. The van der Waals surface area contributed by atoms with Crippen LogP contribution in [0, 0.1) is 0 Å². The van der Waals surface area contributed by atoms with Gasteiger partial charge in [0, 0.05) is 23.8 Å². The van der Waals surface area contributed by atoms with Crippen molar-refractivity contribution in [2.45, 2.75) is 37.8 Å². The number of urea groups is 1. The quantitative estimate of drug-likeness (QED) is 0.536. The Morgan fingerprint density at radius 3 is 2.56 bits per heavy atom. The lowest BCUT2D eigenvalue weighted by atomic mass is 10.1. The Bertz CT molecular complexity index is 1250. The maximum atomic E-state index is 12.6. The van der Waals surface area contributed by atoms with Gasteiger partial charge in [0.15, 0.2) is 0 Å². The number of nitrogens with one attached hydrogen (secondary N) is 3. The zero-order valence-electron chi connectivity index (χ0n) is 17.9. The van der Waals surface area contributed by atoms with E-state index >= 15 is 0 Å². The van der Waals surface area contributed by atoms with E-state index in [-0.39, 0.29) is 17.1 Å². The van der Waals surface area contributed by atoms with Crippen molar-refractivity contribution in [1.82, 2.24) is 15.0 Å². The SMILES string of the molecule is CC(C)(C)OC(=O)Nc1cccc(S(=O)(=O)NC(=O)NCc2ccc3ncccc3c2)c1. The third kappa shape index (κ3) is 6.42. The van der Waals surface area contributed by atoms with Gasteiger partial charge in [0.1, 0.15) is 5.60 Å². The van der Waals surface area contributed by atoms with E-state index in [1.807, 2.05) is 29.0 Å². The van der Waals surface area contributed by atoms with Crippen LogP contribution in [0.5, 0.6) is 0 Å². The number of sulfonamides is 1. The molecule has 1 heterocycles. The van der Waals surface area contributed by atoms with Gasteiger partial charge in [0.05, 0.1) is 10.4 Å². The van der Waals surface area contributed by atoms with Gasteiger partial charge in [0.2, 0.25) is 0 Å². The van der Waals surface area contributed by atoms with Crippen molar-refractivity contribution in [2.24, 2.45) is 0 Å². The van der Waals surface area contributed by atoms with Gasteiger partial charge in [-0.3, -0.25) is 10.3 Å². The van der Waals surface area contributed by atoms with Gasteiger partial charge in [-0.25, -0.2) is 22.7 Å². The summed E-state index contributed by atoms with van der Waals surface area (Å²) in [6.07, 6.45) is 0.972. The Kier molecular flexibility index (Phi) is 6.64. The fourth-order valence-corrected chi connectivity index (χ4v) is 3.77. The standard InChI is InChI=1S/C22H24N4O5S/c1-22(2,3)31-21(28)25-17-7-4-8-18(13-17)32(29,30)26-20(27)24-14-15-9-10-19-16(12-15)6-5-11-23-19/h4-13H,14H2,1-3H3,(H,25,28)(H2,24,26,27). The van der Waals surface area contributed by atoms with Crippen LogP contribution in [0.2, 0.25) is 0 Å². The summed E-state index contributed by atoms with van der Waals surface area (Å²) >= 11 is 0. The molecule has 0 saturated carbocycles. The summed E-state index contributed by atoms with van der Waals surface area (Å²) in [6, 6.07) is 13.8. The molecular formula is C22H24N4O5S. The zero-order chi connectivity index (χ0) is 23.4. The molecule has 0 aliphatic rings. The average molecular weight is 457 g/mol. The molecule has 10 heteroatoms. The molecule has 9 nitrogen and oxygen atoms in total. The number of anilines is 1. The number of ether oxygens (including phenoxy) is 1. The lowest BCUT2D eigenvalue weighted by Crippen LogP contribution is -2.39.